The Balaban J connectivity index is 1.80. The topological polar surface area (TPSA) is 53.8 Å². The van der Waals surface area contributed by atoms with Gasteiger partial charge in [0.2, 0.25) is 0 Å². The Kier molecular flexibility index (Phi) is 6.74. The minimum atomic E-state index is -0.611. The number of aliphatic imine (C=N–C) groups is 1. The second-order valence-electron chi connectivity index (χ2n) is 7.20. The summed E-state index contributed by atoms with van der Waals surface area (Å²) in [7, 11) is 0. The van der Waals surface area contributed by atoms with Crippen molar-refractivity contribution in [3.8, 4) is 11.5 Å². The highest BCUT2D eigenvalue weighted by Gasteiger charge is 2.30. The van der Waals surface area contributed by atoms with Gasteiger partial charge in [0.1, 0.15) is 12.0 Å². The maximum atomic E-state index is 14.7. The maximum absolute atomic E-state index is 14.7. The number of hydrogen-bond donors (Lipinski definition) is 2. The molecule has 4 nitrogen and oxygen atoms in total. The molecule has 2 N–H and O–H groups in total. The molecule has 0 radical (unpaired) electrons. The minimum absolute atomic E-state index is 0.0887. The molecule has 1 heterocycles. The number of hydrogen-bond acceptors (Lipinski definition) is 4. The molecule has 160 valence electrons. The van der Waals surface area contributed by atoms with Crippen LogP contribution in [-0.2, 0) is 0 Å². The summed E-state index contributed by atoms with van der Waals surface area (Å²) in [6.07, 6.45) is -0.0773. The number of phenols is 1. The molecule has 0 saturated carbocycles. The molecule has 1 aliphatic rings. The Bertz CT molecular complexity index is 1140. The van der Waals surface area contributed by atoms with Crippen molar-refractivity contribution in [2.24, 2.45) is 4.99 Å². The lowest BCUT2D eigenvalue weighted by atomic mass is 9.93. The Morgan fingerprint density at radius 1 is 1.06 bits per heavy atom. The fourth-order valence-corrected chi connectivity index (χ4v) is 4.50. The summed E-state index contributed by atoms with van der Waals surface area (Å²) in [5.74, 6) is 0.176. The highest BCUT2D eigenvalue weighted by atomic mass is 79.9. The molecule has 3 aromatic rings. The number of rotatable bonds is 5. The smallest absolute Gasteiger partial charge is 0.162 e. The first-order chi connectivity index (χ1) is 15.0. The van der Waals surface area contributed by atoms with Gasteiger partial charge in [0.05, 0.1) is 6.61 Å². The average molecular weight is 548 g/mol. The van der Waals surface area contributed by atoms with E-state index in [1.165, 1.54) is 6.07 Å². The minimum Gasteiger partial charge on any atom is -0.504 e. The first-order valence-electron chi connectivity index (χ1n) is 9.94. The number of phenolic OH excluding ortho intramolecular Hbond substituents is 1. The number of para-hydroxylation sites is 1. The fourth-order valence-electron chi connectivity index (χ4n) is 3.72. The average Bonchev–Trinajstić information content (AvgIpc) is 2.77. The molecule has 0 aliphatic carbocycles. The monoisotopic (exact) mass is 546 g/mol. The number of halogens is 3. The van der Waals surface area contributed by atoms with Crippen molar-refractivity contribution in [3.63, 3.8) is 0 Å². The van der Waals surface area contributed by atoms with E-state index in [-0.39, 0.29) is 17.6 Å². The molecule has 0 saturated heterocycles. The van der Waals surface area contributed by atoms with Crippen LogP contribution in [0.4, 0.5) is 4.39 Å². The van der Waals surface area contributed by atoms with Crippen molar-refractivity contribution in [3.05, 3.63) is 92.1 Å². The van der Waals surface area contributed by atoms with Gasteiger partial charge in [0, 0.05) is 38.2 Å². The zero-order valence-corrected chi connectivity index (χ0v) is 20.0. The third-order valence-electron chi connectivity index (χ3n) is 5.16. The van der Waals surface area contributed by atoms with E-state index in [0.29, 0.717) is 29.9 Å². The van der Waals surface area contributed by atoms with Crippen molar-refractivity contribution in [2.75, 3.05) is 6.61 Å². The standard InChI is InChI=1S/C24H21Br2FN2O2/c1-2-31-22-8-4-7-17(23(22)30)21-13-20(14-5-3-6-15(25)11-14)28-24(29-21)18-12-16(26)9-10-19(18)27/h3-12,21,24,29-30H,2,13H2,1H3/t21-,24-/m0/s1. The molecule has 0 bridgehead atoms. The number of nitrogens with one attached hydrogen (secondary N) is 1. The molecule has 0 aromatic heterocycles. The lowest BCUT2D eigenvalue weighted by molar-refractivity contribution is 0.313. The summed E-state index contributed by atoms with van der Waals surface area (Å²) >= 11 is 6.94. The highest BCUT2D eigenvalue weighted by molar-refractivity contribution is 9.10. The van der Waals surface area contributed by atoms with E-state index in [1.54, 1.807) is 18.2 Å². The summed E-state index contributed by atoms with van der Waals surface area (Å²) in [6, 6.07) is 17.8. The van der Waals surface area contributed by atoms with Gasteiger partial charge in [-0.05, 0) is 48.9 Å². The van der Waals surface area contributed by atoms with Crippen molar-refractivity contribution < 1.29 is 14.2 Å². The van der Waals surface area contributed by atoms with E-state index in [1.807, 2.05) is 43.3 Å². The van der Waals surface area contributed by atoms with Gasteiger partial charge < -0.3 is 9.84 Å². The molecule has 2 atom stereocenters. The van der Waals surface area contributed by atoms with E-state index in [0.717, 1.165) is 20.2 Å². The van der Waals surface area contributed by atoms with Crippen LogP contribution in [0.2, 0.25) is 0 Å². The molecule has 0 unspecified atom stereocenters. The van der Waals surface area contributed by atoms with Gasteiger partial charge in [-0.2, -0.15) is 0 Å². The second-order valence-corrected chi connectivity index (χ2v) is 9.04. The van der Waals surface area contributed by atoms with Crippen molar-refractivity contribution in [2.45, 2.75) is 25.6 Å². The van der Waals surface area contributed by atoms with E-state index < -0.39 is 6.17 Å². The van der Waals surface area contributed by atoms with Gasteiger partial charge in [-0.1, -0.05) is 56.1 Å². The SMILES string of the molecule is CCOc1cccc([C@@H]2CC(c3cccc(Br)c3)=N[C@H](c3cc(Br)ccc3F)N2)c1O. The molecule has 3 aromatic carbocycles. The molecule has 7 heteroatoms. The van der Waals surface area contributed by atoms with Gasteiger partial charge in [-0.3, -0.25) is 10.3 Å². The lowest BCUT2D eigenvalue weighted by Gasteiger charge is -2.31. The van der Waals surface area contributed by atoms with Crippen LogP contribution < -0.4 is 10.1 Å². The van der Waals surface area contributed by atoms with E-state index in [4.69, 9.17) is 9.73 Å². The van der Waals surface area contributed by atoms with Crippen molar-refractivity contribution >= 4 is 37.6 Å². The Morgan fingerprint density at radius 3 is 2.61 bits per heavy atom. The molecule has 0 spiro atoms. The zero-order chi connectivity index (χ0) is 22.0. The number of ether oxygens (including phenoxy) is 1. The molecule has 1 aliphatic heterocycles. The van der Waals surface area contributed by atoms with Crippen LogP contribution in [0.1, 0.15) is 42.2 Å². The van der Waals surface area contributed by atoms with Crippen molar-refractivity contribution in [1.82, 2.24) is 5.32 Å². The molecule has 0 fully saturated rings. The highest BCUT2D eigenvalue weighted by Crippen LogP contribution is 2.39. The van der Waals surface area contributed by atoms with Crippen LogP contribution in [0.5, 0.6) is 11.5 Å². The largest absolute Gasteiger partial charge is 0.504 e. The van der Waals surface area contributed by atoms with Gasteiger partial charge in [0.15, 0.2) is 11.5 Å². The molecule has 0 amide bonds. The maximum Gasteiger partial charge on any atom is 0.162 e. The fraction of sp³-hybridized carbons (Fsp3) is 0.208. The van der Waals surface area contributed by atoms with Crippen LogP contribution >= 0.6 is 31.9 Å². The Hall–Kier alpha value is -2.22. The van der Waals surface area contributed by atoms with E-state index >= 15 is 0 Å². The van der Waals surface area contributed by atoms with Crippen LogP contribution in [0.25, 0.3) is 0 Å². The molecular formula is C24H21Br2FN2O2. The van der Waals surface area contributed by atoms with Gasteiger partial charge in [0.25, 0.3) is 0 Å². The number of aromatic hydroxyl groups is 1. The van der Waals surface area contributed by atoms with E-state index in [2.05, 4.69) is 37.2 Å². The number of benzene rings is 3. The summed E-state index contributed by atoms with van der Waals surface area (Å²) in [5.41, 5.74) is 2.90. The van der Waals surface area contributed by atoms with Crippen LogP contribution in [-0.4, -0.2) is 17.4 Å². The summed E-state index contributed by atoms with van der Waals surface area (Å²) in [4.78, 5) is 4.84. The van der Waals surface area contributed by atoms with Gasteiger partial charge >= 0.3 is 0 Å². The third kappa shape index (κ3) is 4.84. The van der Waals surface area contributed by atoms with Crippen LogP contribution in [0, 0.1) is 5.82 Å². The van der Waals surface area contributed by atoms with E-state index in [9.17, 15) is 9.50 Å². The lowest BCUT2D eigenvalue weighted by Crippen LogP contribution is -2.33. The second kappa shape index (κ2) is 9.51. The predicted octanol–water partition coefficient (Wildman–Crippen LogP) is 6.68. The zero-order valence-electron chi connectivity index (χ0n) is 16.8. The number of nitrogens with zero attached hydrogens (tertiary/aromatic N) is 1. The van der Waals surface area contributed by atoms with Gasteiger partial charge in [-0.15, -0.1) is 0 Å². The Morgan fingerprint density at radius 2 is 1.84 bits per heavy atom. The summed E-state index contributed by atoms with van der Waals surface area (Å²) in [6.45, 7) is 2.32. The molecular weight excluding hydrogens is 527 g/mol. The first kappa shape index (κ1) is 22.0. The summed E-state index contributed by atoms with van der Waals surface area (Å²) < 4.78 is 22.0. The quantitative estimate of drug-likeness (QED) is 0.374. The molecule has 31 heavy (non-hydrogen) atoms. The predicted molar refractivity (Wildman–Crippen MR) is 127 cm³/mol. The molecule has 4 rings (SSSR count). The third-order valence-corrected chi connectivity index (χ3v) is 6.14. The Labute approximate surface area is 197 Å². The van der Waals surface area contributed by atoms with Crippen LogP contribution in [0.15, 0.2) is 74.6 Å². The van der Waals surface area contributed by atoms with Crippen LogP contribution in [0.3, 0.4) is 0 Å². The summed E-state index contributed by atoms with van der Waals surface area (Å²) in [5, 5.41) is 14.2. The van der Waals surface area contributed by atoms with Gasteiger partial charge in [-0.25, -0.2) is 4.39 Å². The normalized spacial score (nSPS) is 18.5. The van der Waals surface area contributed by atoms with Crippen molar-refractivity contribution in [1.29, 1.82) is 0 Å². The first-order valence-corrected chi connectivity index (χ1v) is 11.5.